The molecule has 1 atom stereocenters. The second kappa shape index (κ2) is 11.2. The molecule has 0 bridgehead atoms. The predicted octanol–water partition coefficient (Wildman–Crippen LogP) is 1.92. The molecule has 0 aromatic rings. The van der Waals surface area contributed by atoms with E-state index >= 15 is 0 Å². The van der Waals surface area contributed by atoms with Crippen molar-refractivity contribution in [2.24, 2.45) is 0 Å². The molecule has 9 heavy (non-hydrogen) atoms. The Hall–Kier alpha value is 0.310. The van der Waals surface area contributed by atoms with Crippen molar-refractivity contribution < 1.29 is 14.0 Å². The Morgan fingerprint density at radius 1 is 1.67 bits per heavy atom. The summed E-state index contributed by atoms with van der Waals surface area (Å²) >= 11 is 5.00. The summed E-state index contributed by atoms with van der Waals surface area (Å²) in [6.45, 7) is 3.84. The van der Waals surface area contributed by atoms with Gasteiger partial charge in [-0.25, -0.2) is 0 Å². The van der Waals surface area contributed by atoms with Crippen LogP contribution in [0.1, 0.15) is 13.8 Å². The van der Waals surface area contributed by atoms with Gasteiger partial charge in [-0.1, -0.05) is 6.92 Å². The molecule has 0 saturated carbocycles. The van der Waals surface area contributed by atoms with Crippen molar-refractivity contribution in [3.63, 3.8) is 0 Å². The molecule has 0 rings (SSSR count). The summed E-state index contributed by atoms with van der Waals surface area (Å²) in [5.41, 5.74) is 0. The zero-order valence-electron chi connectivity index (χ0n) is 5.50. The maximum atomic E-state index is 9.53. The molecule has 56 valence electrons. The minimum absolute atomic E-state index is 0.297. The fraction of sp³-hybridized carbons (Fsp3) is 1.00. The average Bonchev–Trinajstić information content (AvgIpc) is 1.67. The lowest BCUT2D eigenvalue weighted by Gasteiger charge is -1.68. The molecule has 0 saturated heterocycles. The van der Waals surface area contributed by atoms with Gasteiger partial charge >= 0.3 is 8.25 Å². The molecule has 0 amide bonds. The van der Waals surface area contributed by atoms with Crippen molar-refractivity contribution in [2.75, 3.05) is 12.5 Å². The van der Waals surface area contributed by atoms with Crippen molar-refractivity contribution in [1.82, 2.24) is 0 Å². The Bertz CT molecular complexity index is 68.8. The van der Waals surface area contributed by atoms with Crippen LogP contribution in [0.5, 0.6) is 0 Å². The Labute approximate surface area is 60.9 Å². The highest BCUT2D eigenvalue weighted by atomic mass is 35.5. The highest BCUT2D eigenvalue weighted by Gasteiger charge is 2.06. The summed E-state index contributed by atoms with van der Waals surface area (Å²) in [4.78, 5) is 7.84. The Morgan fingerprint density at radius 2 is 2.00 bits per heavy atom. The lowest BCUT2D eigenvalue weighted by molar-refractivity contribution is 0.297. The zero-order valence-corrected chi connectivity index (χ0v) is 7.15. The monoisotopic (exact) mass is 173 g/mol. The van der Waals surface area contributed by atoms with Gasteiger partial charge in [-0.3, -0.25) is 0 Å². The first-order chi connectivity index (χ1) is 4.18. The average molecular weight is 174 g/mol. The molecule has 0 aliphatic carbocycles. The van der Waals surface area contributed by atoms with Crippen LogP contribution in [0.4, 0.5) is 0 Å². The highest BCUT2D eigenvalue weighted by Crippen LogP contribution is 2.12. The minimum Gasteiger partial charge on any atom is -0.133 e. The molecule has 0 heterocycles. The van der Waals surface area contributed by atoms with Gasteiger partial charge in [0.05, 0.1) is 0 Å². The summed E-state index contributed by atoms with van der Waals surface area (Å²) in [5, 5.41) is 0. The van der Waals surface area contributed by atoms with E-state index in [2.05, 4.69) is 4.52 Å². The topological polar surface area (TPSA) is 46.5 Å². The summed E-state index contributed by atoms with van der Waals surface area (Å²) in [6, 6.07) is 0. The fourth-order valence-corrected chi connectivity index (χ4v) is 0.331. The first-order valence-corrected chi connectivity index (χ1v) is 4.20. The van der Waals surface area contributed by atoms with E-state index in [1.54, 1.807) is 6.92 Å². The van der Waals surface area contributed by atoms with Gasteiger partial charge in [0.2, 0.25) is 0 Å². The van der Waals surface area contributed by atoms with Crippen molar-refractivity contribution in [3.8, 4) is 0 Å². The SMILES string of the molecule is CCCl.CCO[P+](=O)O. The van der Waals surface area contributed by atoms with Gasteiger partial charge in [0.15, 0.2) is 0 Å². The number of halogens is 1. The molecule has 1 unspecified atom stereocenters. The Kier molecular flexibility index (Phi) is 14.9. The molecular formula is C4H11ClO3P+. The van der Waals surface area contributed by atoms with E-state index in [0.717, 1.165) is 5.88 Å². The third kappa shape index (κ3) is 30.2. The van der Waals surface area contributed by atoms with Gasteiger partial charge < -0.3 is 0 Å². The number of rotatable bonds is 2. The normalized spacial score (nSPS) is 9.56. The summed E-state index contributed by atoms with van der Waals surface area (Å²) in [6.07, 6.45) is 0. The van der Waals surface area contributed by atoms with Gasteiger partial charge in [-0.15, -0.1) is 21.0 Å². The molecule has 0 aliphatic rings. The van der Waals surface area contributed by atoms with Gasteiger partial charge in [0.25, 0.3) is 0 Å². The van der Waals surface area contributed by atoms with E-state index in [9.17, 15) is 4.57 Å². The van der Waals surface area contributed by atoms with E-state index in [4.69, 9.17) is 16.5 Å². The van der Waals surface area contributed by atoms with E-state index < -0.39 is 8.25 Å². The molecule has 0 radical (unpaired) electrons. The van der Waals surface area contributed by atoms with Crippen molar-refractivity contribution in [2.45, 2.75) is 13.8 Å². The predicted molar refractivity (Wildman–Crippen MR) is 37.8 cm³/mol. The largest absolute Gasteiger partial charge is 0.694 e. The molecule has 0 aromatic carbocycles. The first-order valence-electron chi connectivity index (χ1n) is 2.54. The van der Waals surface area contributed by atoms with E-state index in [1.807, 2.05) is 6.92 Å². The number of alkyl halides is 1. The Balaban J connectivity index is 0. The molecule has 0 aromatic heterocycles. The standard InChI is InChI=1S/C2H5Cl.C2H5O3P/c1-2-3;1-2-5-6(3)4/h2H2,1H3;2H2,1H3/p+1. The van der Waals surface area contributed by atoms with Gasteiger partial charge in [-0.05, 0) is 6.92 Å². The zero-order chi connectivity index (χ0) is 7.70. The van der Waals surface area contributed by atoms with Crippen LogP contribution < -0.4 is 0 Å². The van der Waals surface area contributed by atoms with Crippen LogP contribution in [0.3, 0.4) is 0 Å². The minimum atomic E-state index is -2.35. The summed E-state index contributed by atoms with van der Waals surface area (Å²) in [5.74, 6) is 0.722. The summed E-state index contributed by atoms with van der Waals surface area (Å²) < 4.78 is 13.6. The first kappa shape index (κ1) is 12.0. The molecule has 5 heteroatoms. The van der Waals surface area contributed by atoms with Crippen molar-refractivity contribution in [1.29, 1.82) is 0 Å². The van der Waals surface area contributed by atoms with Crippen LogP contribution in [0.15, 0.2) is 0 Å². The second-order valence-corrected chi connectivity index (χ2v) is 2.19. The van der Waals surface area contributed by atoms with E-state index in [1.165, 1.54) is 0 Å². The molecule has 3 nitrogen and oxygen atoms in total. The smallest absolute Gasteiger partial charge is 0.133 e. The number of hydrogen-bond donors (Lipinski definition) is 1. The second-order valence-electron chi connectivity index (χ2n) is 0.923. The van der Waals surface area contributed by atoms with Gasteiger partial charge in [0.1, 0.15) is 6.61 Å². The molecule has 1 N–H and O–H groups in total. The Morgan fingerprint density at radius 3 is 2.00 bits per heavy atom. The van der Waals surface area contributed by atoms with Crippen molar-refractivity contribution >= 4 is 19.9 Å². The molecule has 0 spiro atoms. The van der Waals surface area contributed by atoms with Gasteiger partial charge in [-0.2, -0.15) is 0 Å². The van der Waals surface area contributed by atoms with Crippen LogP contribution in [0.2, 0.25) is 0 Å². The fourth-order valence-electron chi connectivity index (χ4n) is 0.110. The van der Waals surface area contributed by atoms with Crippen LogP contribution in [-0.4, -0.2) is 17.4 Å². The lowest BCUT2D eigenvalue weighted by Crippen LogP contribution is -1.72. The van der Waals surface area contributed by atoms with Gasteiger partial charge in [0, 0.05) is 10.4 Å². The third-order valence-corrected chi connectivity index (χ3v) is 0.719. The van der Waals surface area contributed by atoms with Crippen molar-refractivity contribution in [3.05, 3.63) is 0 Å². The van der Waals surface area contributed by atoms with Crippen LogP contribution >= 0.6 is 19.9 Å². The molecule has 0 fully saturated rings. The maximum Gasteiger partial charge on any atom is 0.694 e. The molecule has 0 aliphatic heterocycles. The summed E-state index contributed by atoms with van der Waals surface area (Å²) in [7, 11) is -2.35. The van der Waals surface area contributed by atoms with Crippen LogP contribution in [0.25, 0.3) is 0 Å². The van der Waals surface area contributed by atoms with E-state index in [0.29, 0.717) is 6.61 Å². The lowest BCUT2D eigenvalue weighted by atomic mass is 10.9. The molecular weight excluding hydrogens is 162 g/mol. The van der Waals surface area contributed by atoms with E-state index in [-0.39, 0.29) is 0 Å². The maximum absolute atomic E-state index is 9.53. The van der Waals surface area contributed by atoms with Crippen LogP contribution in [0, 0.1) is 0 Å². The highest BCUT2D eigenvalue weighted by molar-refractivity contribution is 7.32. The van der Waals surface area contributed by atoms with Crippen LogP contribution in [-0.2, 0) is 9.09 Å². The third-order valence-electron chi connectivity index (χ3n) is 0.240. The number of hydrogen-bond acceptors (Lipinski definition) is 2. The quantitative estimate of drug-likeness (QED) is 0.513.